The van der Waals surface area contributed by atoms with Crippen molar-refractivity contribution >= 4 is 39.2 Å². The van der Waals surface area contributed by atoms with Gasteiger partial charge in [0.1, 0.15) is 5.75 Å². The number of piperidine rings is 1. The van der Waals surface area contributed by atoms with Crippen LogP contribution in [0.5, 0.6) is 11.5 Å². The highest BCUT2D eigenvalue weighted by Crippen LogP contribution is 2.39. The van der Waals surface area contributed by atoms with Crippen LogP contribution in [0.4, 0.5) is 14.9 Å². The third-order valence-corrected chi connectivity index (χ3v) is 8.55. The molecule has 0 radical (unpaired) electrons. The largest absolute Gasteiger partial charge is 0.466 e. The predicted molar refractivity (Wildman–Crippen MR) is 159 cm³/mol. The first kappa shape index (κ1) is 28.0. The molecule has 2 aliphatic rings. The van der Waals surface area contributed by atoms with Crippen LogP contribution in [-0.4, -0.2) is 52.6 Å². The number of thiophene rings is 1. The van der Waals surface area contributed by atoms with Crippen LogP contribution in [0.1, 0.15) is 38.2 Å². The van der Waals surface area contributed by atoms with E-state index in [-0.39, 0.29) is 29.7 Å². The maximum absolute atomic E-state index is 14.9. The fourth-order valence-corrected chi connectivity index (χ4v) is 6.03. The zero-order valence-corrected chi connectivity index (χ0v) is 24.1. The fourth-order valence-electron chi connectivity index (χ4n) is 4.99. The normalized spacial score (nSPS) is 15.9. The second kappa shape index (κ2) is 12.4. The van der Waals surface area contributed by atoms with Crippen LogP contribution in [0.3, 0.4) is 0 Å². The molecule has 0 bridgehead atoms. The average Bonchev–Trinajstić information content (AvgIpc) is 3.69. The van der Waals surface area contributed by atoms with Crippen molar-refractivity contribution in [1.82, 2.24) is 20.2 Å². The van der Waals surface area contributed by atoms with E-state index in [1.54, 1.807) is 18.3 Å². The van der Waals surface area contributed by atoms with Gasteiger partial charge in [0.2, 0.25) is 0 Å². The molecular formula is C31H32FN5O4S. The molecule has 42 heavy (non-hydrogen) atoms. The minimum absolute atomic E-state index is 0.00479. The molecule has 6 rings (SSSR count). The first-order chi connectivity index (χ1) is 20.4. The van der Waals surface area contributed by atoms with Gasteiger partial charge in [0, 0.05) is 42.8 Å². The van der Waals surface area contributed by atoms with E-state index >= 15 is 0 Å². The lowest BCUT2D eigenvalue weighted by molar-refractivity contribution is -0.149. The van der Waals surface area contributed by atoms with E-state index in [9.17, 15) is 14.0 Å². The van der Waals surface area contributed by atoms with Gasteiger partial charge in [-0.3, -0.25) is 19.7 Å². The minimum Gasteiger partial charge on any atom is -0.466 e. The lowest BCUT2D eigenvalue weighted by Crippen LogP contribution is -2.36. The highest BCUT2D eigenvalue weighted by atomic mass is 32.1. The zero-order chi connectivity index (χ0) is 29.1. The van der Waals surface area contributed by atoms with Gasteiger partial charge in [-0.15, -0.1) is 11.3 Å². The molecule has 4 heterocycles. The highest BCUT2D eigenvalue weighted by molar-refractivity contribution is 7.22. The summed E-state index contributed by atoms with van der Waals surface area (Å²) in [5.41, 5.74) is 3.01. The smallest absolute Gasteiger partial charge is 0.319 e. The summed E-state index contributed by atoms with van der Waals surface area (Å²) >= 11 is 1.48. The Hall–Kier alpha value is -4.09. The van der Waals surface area contributed by atoms with Crippen LogP contribution in [0.2, 0.25) is 0 Å². The van der Waals surface area contributed by atoms with E-state index in [4.69, 9.17) is 14.5 Å². The van der Waals surface area contributed by atoms with Crippen molar-refractivity contribution < 1.29 is 23.5 Å². The monoisotopic (exact) mass is 589 g/mol. The number of nitrogens with one attached hydrogen (secondary N) is 2. The van der Waals surface area contributed by atoms with Crippen molar-refractivity contribution in [2.75, 3.05) is 25.0 Å². The Bertz CT molecular complexity index is 1580. The lowest BCUT2D eigenvalue weighted by Gasteiger charge is -2.30. The van der Waals surface area contributed by atoms with Crippen molar-refractivity contribution in [3.05, 3.63) is 66.2 Å². The average molecular weight is 590 g/mol. The number of ether oxygens (including phenoxy) is 2. The topological polar surface area (TPSA) is 106 Å². The Morgan fingerprint density at radius 2 is 1.88 bits per heavy atom. The second-order valence-electron chi connectivity index (χ2n) is 10.6. The third kappa shape index (κ3) is 6.69. The lowest BCUT2D eigenvalue weighted by atomic mass is 9.97. The van der Waals surface area contributed by atoms with Crippen molar-refractivity contribution in [3.63, 3.8) is 0 Å². The molecule has 1 aliphatic heterocycles. The number of nitrogens with zero attached hydrogens (tertiary/aromatic N) is 3. The van der Waals surface area contributed by atoms with Crippen molar-refractivity contribution in [2.45, 2.75) is 45.2 Å². The summed E-state index contributed by atoms with van der Waals surface area (Å²) in [4.78, 5) is 36.4. The molecule has 0 unspecified atom stereocenters. The highest BCUT2D eigenvalue weighted by Gasteiger charge is 2.26. The number of urea groups is 1. The Balaban J connectivity index is 1.10. The fraction of sp³-hybridized carbons (Fsp3) is 0.355. The van der Waals surface area contributed by atoms with Crippen molar-refractivity contribution in [3.8, 4) is 22.1 Å². The predicted octanol–water partition coefficient (Wildman–Crippen LogP) is 6.35. The number of fused-ring (bicyclic) bond motifs is 1. The first-order valence-corrected chi connectivity index (χ1v) is 15.0. The Morgan fingerprint density at radius 1 is 1.05 bits per heavy atom. The number of pyridine rings is 2. The Kier molecular flexibility index (Phi) is 8.29. The number of likely N-dealkylation sites (tertiary alicyclic amines) is 1. The number of amides is 2. The van der Waals surface area contributed by atoms with Gasteiger partial charge in [0.25, 0.3) is 0 Å². The third-order valence-electron chi connectivity index (χ3n) is 7.39. The van der Waals surface area contributed by atoms with Crippen LogP contribution < -0.4 is 15.4 Å². The van der Waals surface area contributed by atoms with Crippen molar-refractivity contribution in [1.29, 1.82) is 0 Å². The molecule has 11 heteroatoms. The molecule has 0 spiro atoms. The van der Waals surface area contributed by atoms with E-state index in [1.165, 1.54) is 23.5 Å². The SMILES string of the molecule is CCOC(=O)C1CCN(Cc2ccc(-c3cc4nccc(Oc5ccc(NC(=O)NC6CC6)cc5F)c4s3)nc2)CC1. The summed E-state index contributed by atoms with van der Waals surface area (Å²) in [6.45, 7) is 4.75. The van der Waals surface area contributed by atoms with Crippen LogP contribution in [-0.2, 0) is 16.1 Å². The summed E-state index contributed by atoms with van der Waals surface area (Å²) in [6.07, 6.45) is 7.09. The summed E-state index contributed by atoms with van der Waals surface area (Å²) in [6, 6.07) is 12.0. The van der Waals surface area contributed by atoms with E-state index in [1.807, 2.05) is 25.3 Å². The van der Waals surface area contributed by atoms with Crippen LogP contribution in [0.15, 0.2) is 54.9 Å². The number of aromatic nitrogens is 2. The minimum atomic E-state index is -0.580. The van der Waals surface area contributed by atoms with Gasteiger partial charge >= 0.3 is 12.0 Å². The molecule has 4 aromatic rings. The number of hydrogen-bond donors (Lipinski definition) is 2. The first-order valence-electron chi connectivity index (χ1n) is 14.2. The van der Waals surface area contributed by atoms with E-state index in [2.05, 4.69) is 26.6 Å². The quantitative estimate of drug-likeness (QED) is 0.219. The molecule has 1 saturated heterocycles. The number of rotatable bonds is 9. The number of carbonyl (C=O) groups excluding carboxylic acids is 2. The Labute approximate surface area is 247 Å². The molecule has 1 aromatic carbocycles. The summed E-state index contributed by atoms with van der Waals surface area (Å²) in [5.74, 6) is -0.123. The number of hydrogen-bond acceptors (Lipinski definition) is 8. The molecule has 1 saturated carbocycles. The van der Waals surface area contributed by atoms with Crippen molar-refractivity contribution in [2.24, 2.45) is 5.92 Å². The van der Waals surface area contributed by atoms with Crippen LogP contribution in [0.25, 0.3) is 20.8 Å². The Morgan fingerprint density at radius 3 is 2.60 bits per heavy atom. The molecule has 2 fully saturated rings. The summed E-state index contributed by atoms with van der Waals surface area (Å²) in [7, 11) is 0. The molecule has 218 valence electrons. The number of benzene rings is 1. The van der Waals surface area contributed by atoms with Crippen LogP contribution >= 0.6 is 11.3 Å². The van der Waals surface area contributed by atoms with Crippen LogP contribution in [0, 0.1) is 11.7 Å². The van der Waals surface area contributed by atoms with Gasteiger partial charge in [-0.25, -0.2) is 9.18 Å². The van der Waals surface area contributed by atoms with E-state index < -0.39 is 5.82 Å². The van der Waals surface area contributed by atoms with E-state index in [0.717, 1.165) is 71.7 Å². The maximum Gasteiger partial charge on any atom is 0.319 e. The molecule has 1 aliphatic carbocycles. The maximum atomic E-state index is 14.9. The van der Waals surface area contributed by atoms with Gasteiger partial charge < -0.3 is 20.1 Å². The van der Waals surface area contributed by atoms with Gasteiger partial charge in [-0.2, -0.15) is 0 Å². The number of anilines is 1. The van der Waals surface area contributed by atoms with E-state index in [0.29, 0.717) is 18.0 Å². The standard InChI is InChI=1S/C31H32FN5O4S/c1-2-40-30(38)20-10-13-37(14-11-20)18-19-3-7-24(34-17-19)28-16-25-29(42-28)27(9-12-33-25)41-26-8-6-22(15-23(26)32)36-31(39)35-21-4-5-21/h3,6-9,12,15-17,20-21H,2,4-5,10-11,13-14,18H2,1H3,(H2,35,36,39). The molecule has 3 aromatic heterocycles. The second-order valence-corrected chi connectivity index (χ2v) is 11.7. The van der Waals surface area contributed by atoms with Gasteiger partial charge in [0.05, 0.1) is 33.3 Å². The van der Waals surface area contributed by atoms with Gasteiger partial charge in [-0.05, 0) is 75.5 Å². The number of halogens is 1. The summed E-state index contributed by atoms with van der Waals surface area (Å²) < 4.78 is 26.8. The summed E-state index contributed by atoms with van der Waals surface area (Å²) in [5, 5.41) is 5.46. The molecule has 2 amide bonds. The molecule has 2 N–H and O–H groups in total. The molecule has 0 atom stereocenters. The zero-order valence-electron chi connectivity index (χ0n) is 23.3. The molecular weight excluding hydrogens is 557 g/mol. The van der Waals surface area contributed by atoms with Gasteiger partial charge in [-0.1, -0.05) is 6.07 Å². The molecule has 9 nitrogen and oxygen atoms in total. The number of carbonyl (C=O) groups is 2. The van der Waals surface area contributed by atoms with Gasteiger partial charge in [0.15, 0.2) is 11.6 Å². The number of esters is 1.